The van der Waals surface area contributed by atoms with E-state index in [0.29, 0.717) is 12.5 Å². The molecule has 0 aliphatic carbocycles. The fourth-order valence-corrected chi connectivity index (χ4v) is 2.11. The normalized spacial score (nSPS) is 18.5. The summed E-state index contributed by atoms with van der Waals surface area (Å²) in [5.41, 5.74) is -0.237. The SMILES string of the molecule is Cl.O=C(NCC1CCCNC1)c1cccc(F)c1F. The molecule has 1 amide bonds. The lowest BCUT2D eigenvalue weighted by Crippen LogP contribution is -2.38. The molecule has 6 heteroatoms. The number of benzene rings is 1. The highest BCUT2D eigenvalue weighted by atomic mass is 35.5. The second-order valence-corrected chi connectivity index (χ2v) is 4.52. The van der Waals surface area contributed by atoms with E-state index in [1.165, 1.54) is 12.1 Å². The van der Waals surface area contributed by atoms with Gasteiger partial charge in [0.2, 0.25) is 0 Å². The number of carbonyl (C=O) groups excluding carboxylic acids is 1. The molecule has 0 bridgehead atoms. The van der Waals surface area contributed by atoms with Crippen LogP contribution in [0.25, 0.3) is 0 Å². The number of halogens is 3. The first-order chi connectivity index (χ1) is 8.68. The summed E-state index contributed by atoms with van der Waals surface area (Å²) < 4.78 is 26.3. The van der Waals surface area contributed by atoms with Gasteiger partial charge in [-0.25, -0.2) is 8.78 Å². The first kappa shape index (κ1) is 15.9. The molecule has 3 nitrogen and oxygen atoms in total. The first-order valence-electron chi connectivity index (χ1n) is 6.11. The van der Waals surface area contributed by atoms with Gasteiger partial charge >= 0.3 is 0 Å². The average molecular weight is 291 g/mol. The van der Waals surface area contributed by atoms with Crippen LogP contribution in [0.2, 0.25) is 0 Å². The van der Waals surface area contributed by atoms with Crippen molar-refractivity contribution in [1.82, 2.24) is 10.6 Å². The lowest BCUT2D eigenvalue weighted by molar-refractivity contribution is 0.0939. The molecule has 0 radical (unpaired) electrons. The number of amides is 1. The van der Waals surface area contributed by atoms with E-state index >= 15 is 0 Å². The van der Waals surface area contributed by atoms with E-state index in [1.807, 2.05) is 0 Å². The van der Waals surface area contributed by atoms with Gasteiger partial charge in [-0.2, -0.15) is 0 Å². The van der Waals surface area contributed by atoms with Gasteiger partial charge in [0.1, 0.15) is 0 Å². The van der Waals surface area contributed by atoms with Crippen LogP contribution in [0.5, 0.6) is 0 Å². The highest BCUT2D eigenvalue weighted by Gasteiger charge is 2.17. The van der Waals surface area contributed by atoms with Crippen LogP contribution in [0.15, 0.2) is 18.2 Å². The van der Waals surface area contributed by atoms with E-state index < -0.39 is 17.5 Å². The minimum absolute atomic E-state index is 0. The molecule has 1 saturated heterocycles. The van der Waals surface area contributed by atoms with Crippen molar-refractivity contribution in [3.8, 4) is 0 Å². The summed E-state index contributed by atoms with van der Waals surface area (Å²) in [6.45, 7) is 2.34. The van der Waals surface area contributed by atoms with Crippen LogP contribution in [0, 0.1) is 17.6 Å². The molecule has 0 aromatic heterocycles. The standard InChI is InChI=1S/C13H16F2N2O.ClH/c14-11-5-1-4-10(12(11)15)13(18)17-8-9-3-2-6-16-7-9;/h1,4-5,9,16H,2-3,6-8H2,(H,17,18);1H. The van der Waals surface area contributed by atoms with Crippen LogP contribution >= 0.6 is 12.4 Å². The topological polar surface area (TPSA) is 41.1 Å². The van der Waals surface area contributed by atoms with Gasteiger partial charge in [-0.05, 0) is 44.0 Å². The zero-order valence-electron chi connectivity index (χ0n) is 10.4. The smallest absolute Gasteiger partial charge is 0.254 e. The van der Waals surface area contributed by atoms with Crippen molar-refractivity contribution in [1.29, 1.82) is 0 Å². The Hall–Kier alpha value is -1.20. The van der Waals surface area contributed by atoms with Crippen molar-refractivity contribution < 1.29 is 13.6 Å². The van der Waals surface area contributed by atoms with Crippen LogP contribution in [0.1, 0.15) is 23.2 Å². The molecule has 106 valence electrons. The molecule has 1 unspecified atom stereocenters. The van der Waals surface area contributed by atoms with Crippen LogP contribution in [-0.2, 0) is 0 Å². The van der Waals surface area contributed by atoms with Crippen molar-refractivity contribution in [3.05, 3.63) is 35.4 Å². The Labute approximate surface area is 117 Å². The third-order valence-electron chi connectivity index (χ3n) is 3.15. The molecule has 1 atom stereocenters. The second-order valence-electron chi connectivity index (χ2n) is 4.52. The first-order valence-corrected chi connectivity index (χ1v) is 6.11. The Morgan fingerprint density at radius 1 is 1.42 bits per heavy atom. The van der Waals surface area contributed by atoms with E-state index in [4.69, 9.17) is 0 Å². The summed E-state index contributed by atoms with van der Waals surface area (Å²) in [6, 6.07) is 3.61. The Kier molecular flexibility index (Phi) is 6.18. The summed E-state index contributed by atoms with van der Waals surface area (Å²) in [5, 5.41) is 5.88. The van der Waals surface area contributed by atoms with Gasteiger partial charge in [0.15, 0.2) is 11.6 Å². The fraction of sp³-hybridized carbons (Fsp3) is 0.462. The predicted molar refractivity (Wildman–Crippen MR) is 71.5 cm³/mol. The number of piperidine rings is 1. The highest BCUT2D eigenvalue weighted by Crippen LogP contribution is 2.12. The number of nitrogens with one attached hydrogen (secondary N) is 2. The van der Waals surface area contributed by atoms with Gasteiger partial charge in [-0.3, -0.25) is 4.79 Å². The van der Waals surface area contributed by atoms with E-state index in [-0.39, 0.29) is 18.0 Å². The largest absolute Gasteiger partial charge is 0.352 e. The quantitative estimate of drug-likeness (QED) is 0.895. The molecule has 1 aromatic rings. The number of rotatable bonds is 3. The summed E-state index contributed by atoms with van der Waals surface area (Å²) in [7, 11) is 0. The highest BCUT2D eigenvalue weighted by molar-refractivity contribution is 5.94. The van der Waals surface area contributed by atoms with Crippen LogP contribution in [0.3, 0.4) is 0 Å². The van der Waals surface area contributed by atoms with Crippen LogP contribution in [0.4, 0.5) is 8.78 Å². The maximum Gasteiger partial charge on any atom is 0.254 e. The van der Waals surface area contributed by atoms with E-state index in [1.54, 1.807) is 0 Å². The molecule has 0 spiro atoms. The van der Waals surface area contributed by atoms with Gasteiger partial charge in [0.25, 0.3) is 5.91 Å². The van der Waals surface area contributed by atoms with Crippen molar-refractivity contribution in [2.75, 3.05) is 19.6 Å². The average Bonchev–Trinajstić information content (AvgIpc) is 2.40. The predicted octanol–water partition coefficient (Wildman–Crippen LogP) is 2.12. The van der Waals surface area contributed by atoms with E-state index in [9.17, 15) is 13.6 Å². The molecule has 2 rings (SSSR count). The number of hydrogen-bond acceptors (Lipinski definition) is 2. The maximum atomic E-state index is 13.4. The Bertz CT molecular complexity index is 437. The van der Waals surface area contributed by atoms with Gasteiger partial charge in [-0.15, -0.1) is 12.4 Å². The Morgan fingerprint density at radius 3 is 2.89 bits per heavy atom. The van der Waals surface area contributed by atoms with E-state index in [2.05, 4.69) is 10.6 Å². The third-order valence-corrected chi connectivity index (χ3v) is 3.15. The molecule has 1 fully saturated rings. The fourth-order valence-electron chi connectivity index (χ4n) is 2.11. The van der Waals surface area contributed by atoms with Gasteiger partial charge < -0.3 is 10.6 Å². The minimum atomic E-state index is -1.09. The van der Waals surface area contributed by atoms with Crippen LogP contribution < -0.4 is 10.6 Å². The van der Waals surface area contributed by atoms with Crippen molar-refractivity contribution in [2.24, 2.45) is 5.92 Å². The van der Waals surface area contributed by atoms with Gasteiger partial charge in [0.05, 0.1) is 5.56 Å². The summed E-state index contributed by atoms with van der Waals surface area (Å²) in [4.78, 5) is 11.7. The van der Waals surface area contributed by atoms with Gasteiger partial charge in [0, 0.05) is 6.54 Å². The molecular formula is C13H17ClF2N2O. The maximum absolute atomic E-state index is 13.4. The molecule has 19 heavy (non-hydrogen) atoms. The second kappa shape index (κ2) is 7.40. The van der Waals surface area contributed by atoms with Crippen molar-refractivity contribution in [2.45, 2.75) is 12.8 Å². The van der Waals surface area contributed by atoms with E-state index in [0.717, 1.165) is 32.0 Å². The van der Waals surface area contributed by atoms with Crippen LogP contribution in [-0.4, -0.2) is 25.5 Å². The summed E-state index contributed by atoms with van der Waals surface area (Å²) in [5.74, 6) is -2.28. The summed E-state index contributed by atoms with van der Waals surface area (Å²) in [6.07, 6.45) is 2.12. The monoisotopic (exact) mass is 290 g/mol. The molecule has 1 aliphatic heterocycles. The molecule has 1 heterocycles. The minimum Gasteiger partial charge on any atom is -0.352 e. The van der Waals surface area contributed by atoms with Crippen molar-refractivity contribution >= 4 is 18.3 Å². The summed E-state index contributed by atoms with van der Waals surface area (Å²) >= 11 is 0. The molecule has 0 saturated carbocycles. The molecule has 1 aromatic carbocycles. The zero-order valence-corrected chi connectivity index (χ0v) is 11.2. The zero-order chi connectivity index (χ0) is 13.0. The molecular weight excluding hydrogens is 274 g/mol. The molecule has 2 N–H and O–H groups in total. The lowest BCUT2D eigenvalue weighted by Gasteiger charge is -2.22. The number of hydrogen-bond donors (Lipinski definition) is 2. The Morgan fingerprint density at radius 2 is 2.21 bits per heavy atom. The number of carbonyl (C=O) groups is 1. The third kappa shape index (κ3) is 4.14. The van der Waals surface area contributed by atoms with Gasteiger partial charge in [-0.1, -0.05) is 6.07 Å². The Balaban J connectivity index is 0.00000180. The molecule has 1 aliphatic rings. The van der Waals surface area contributed by atoms with Crippen molar-refractivity contribution in [3.63, 3.8) is 0 Å². The lowest BCUT2D eigenvalue weighted by atomic mass is 9.99.